The molecule has 22 heavy (non-hydrogen) atoms. The van der Waals surface area contributed by atoms with Crippen molar-refractivity contribution >= 4 is 11.4 Å². The average molecular weight is 310 g/mol. The van der Waals surface area contributed by atoms with Gasteiger partial charge in [-0.1, -0.05) is 12.1 Å². The molecule has 0 saturated carbocycles. The topological polar surface area (TPSA) is 6.48 Å². The number of nitrogens with zero attached hydrogens (tertiary/aromatic N) is 2. The van der Waals surface area contributed by atoms with Gasteiger partial charge in [-0.3, -0.25) is 0 Å². The number of halogens is 4. The van der Waals surface area contributed by atoms with E-state index < -0.39 is 23.3 Å². The van der Waals surface area contributed by atoms with Gasteiger partial charge in [-0.15, -0.1) is 0 Å². The van der Waals surface area contributed by atoms with Crippen LogP contribution in [-0.4, -0.2) is 19.8 Å². The van der Waals surface area contributed by atoms with Crippen LogP contribution in [0.1, 0.15) is 6.42 Å². The SMILES string of the molecule is Fc1cccc(F)c1N1CCCN(c2c(F)cccc2F)C1. The molecule has 2 nitrogen and oxygen atoms in total. The van der Waals surface area contributed by atoms with Crippen LogP contribution in [-0.2, 0) is 0 Å². The highest BCUT2D eigenvalue weighted by molar-refractivity contribution is 5.55. The predicted octanol–water partition coefficient (Wildman–Crippen LogP) is 3.92. The lowest BCUT2D eigenvalue weighted by Crippen LogP contribution is -2.46. The van der Waals surface area contributed by atoms with Crippen molar-refractivity contribution in [1.29, 1.82) is 0 Å². The predicted molar refractivity (Wildman–Crippen MR) is 76.9 cm³/mol. The maximum atomic E-state index is 13.9. The molecule has 0 aromatic heterocycles. The Morgan fingerprint density at radius 2 is 1.00 bits per heavy atom. The second-order valence-corrected chi connectivity index (χ2v) is 5.16. The van der Waals surface area contributed by atoms with Gasteiger partial charge in [0, 0.05) is 13.1 Å². The first-order chi connectivity index (χ1) is 10.6. The summed E-state index contributed by atoms with van der Waals surface area (Å²) in [5.74, 6) is -2.74. The van der Waals surface area contributed by atoms with Gasteiger partial charge in [0.05, 0.1) is 6.67 Å². The summed E-state index contributed by atoms with van der Waals surface area (Å²) >= 11 is 0. The smallest absolute Gasteiger partial charge is 0.149 e. The molecule has 1 heterocycles. The minimum atomic E-state index is -0.684. The Labute approximate surface area is 125 Å². The first-order valence-corrected chi connectivity index (χ1v) is 6.96. The molecule has 1 saturated heterocycles. The van der Waals surface area contributed by atoms with Crippen molar-refractivity contribution < 1.29 is 17.6 Å². The van der Waals surface area contributed by atoms with Crippen molar-refractivity contribution in [1.82, 2.24) is 0 Å². The molecule has 6 heteroatoms. The molecule has 1 aliphatic rings. The van der Waals surface area contributed by atoms with Crippen LogP contribution in [0.25, 0.3) is 0 Å². The molecule has 2 aromatic rings. The van der Waals surface area contributed by atoms with E-state index >= 15 is 0 Å². The number of benzene rings is 2. The fraction of sp³-hybridized carbons (Fsp3) is 0.250. The minimum Gasteiger partial charge on any atom is -0.349 e. The van der Waals surface area contributed by atoms with E-state index in [9.17, 15) is 17.6 Å². The largest absolute Gasteiger partial charge is 0.349 e. The van der Waals surface area contributed by atoms with E-state index in [1.807, 2.05) is 0 Å². The summed E-state index contributed by atoms with van der Waals surface area (Å²) < 4.78 is 55.5. The molecule has 0 bridgehead atoms. The molecule has 2 aromatic carbocycles. The molecular weight excluding hydrogens is 296 g/mol. The Kier molecular flexibility index (Phi) is 3.92. The third-order valence-electron chi connectivity index (χ3n) is 3.71. The summed E-state index contributed by atoms with van der Waals surface area (Å²) in [4.78, 5) is 2.92. The molecule has 1 aliphatic heterocycles. The highest BCUT2D eigenvalue weighted by Crippen LogP contribution is 2.29. The summed E-state index contributed by atoms with van der Waals surface area (Å²) in [6.45, 7) is 0.866. The molecule has 0 radical (unpaired) electrons. The summed E-state index contributed by atoms with van der Waals surface area (Å²) in [7, 11) is 0. The van der Waals surface area contributed by atoms with E-state index in [0.717, 1.165) is 0 Å². The molecule has 0 N–H and O–H groups in total. The van der Waals surface area contributed by atoms with E-state index in [2.05, 4.69) is 0 Å². The number of hydrogen-bond donors (Lipinski definition) is 0. The third-order valence-corrected chi connectivity index (χ3v) is 3.71. The zero-order valence-corrected chi connectivity index (χ0v) is 11.7. The molecular formula is C16H14F4N2. The van der Waals surface area contributed by atoms with Gasteiger partial charge < -0.3 is 9.80 Å². The zero-order valence-electron chi connectivity index (χ0n) is 11.7. The summed E-state index contributed by atoms with van der Waals surface area (Å²) in [5, 5.41) is 0. The van der Waals surface area contributed by atoms with Crippen molar-refractivity contribution in [3.63, 3.8) is 0 Å². The van der Waals surface area contributed by atoms with Crippen molar-refractivity contribution in [2.45, 2.75) is 6.42 Å². The number of para-hydroxylation sites is 2. The fourth-order valence-corrected chi connectivity index (χ4v) is 2.75. The lowest BCUT2D eigenvalue weighted by molar-refractivity contribution is 0.526. The highest BCUT2D eigenvalue weighted by atomic mass is 19.1. The molecule has 0 atom stereocenters. The Morgan fingerprint density at radius 3 is 1.36 bits per heavy atom. The maximum Gasteiger partial charge on any atom is 0.149 e. The van der Waals surface area contributed by atoms with Crippen LogP contribution < -0.4 is 9.80 Å². The van der Waals surface area contributed by atoms with Gasteiger partial charge in [-0.25, -0.2) is 17.6 Å². The summed E-state index contributed by atoms with van der Waals surface area (Å²) in [5.41, 5.74) is -0.326. The Hall–Kier alpha value is -2.24. The zero-order chi connectivity index (χ0) is 15.7. The second-order valence-electron chi connectivity index (χ2n) is 5.16. The van der Waals surface area contributed by atoms with Crippen molar-refractivity contribution in [2.24, 2.45) is 0 Å². The lowest BCUT2D eigenvalue weighted by Gasteiger charge is -2.38. The number of hydrogen-bond acceptors (Lipinski definition) is 2. The van der Waals surface area contributed by atoms with Crippen LogP contribution in [0.15, 0.2) is 36.4 Å². The van der Waals surface area contributed by atoms with Gasteiger partial charge in [-0.2, -0.15) is 0 Å². The minimum absolute atomic E-state index is 0.0235. The van der Waals surface area contributed by atoms with Gasteiger partial charge in [0.25, 0.3) is 0 Å². The van der Waals surface area contributed by atoms with Crippen molar-refractivity contribution in [3.8, 4) is 0 Å². The first kappa shape index (κ1) is 14.7. The normalized spacial score (nSPS) is 15.3. The standard InChI is InChI=1S/C16H14F4N2/c17-11-4-1-5-12(18)15(11)21-8-3-9-22(10-21)16-13(19)6-2-7-14(16)20/h1-2,4-7H,3,8-10H2. The quantitative estimate of drug-likeness (QED) is 0.776. The molecule has 0 unspecified atom stereocenters. The molecule has 0 aliphatic carbocycles. The molecule has 0 amide bonds. The fourth-order valence-electron chi connectivity index (χ4n) is 2.75. The molecule has 1 fully saturated rings. The van der Waals surface area contributed by atoms with Crippen LogP contribution in [0.2, 0.25) is 0 Å². The van der Waals surface area contributed by atoms with Crippen molar-refractivity contribution in [2.75, 3.05) is 29.6 Å². The van der Waals surface area contributed by atoms with E-state index in [-0.39, 0.29) is 18.0 Å². The summed E-state index contributed by atoms with van der Waals surface area (Å²) in [6, 6.07) is 7.24. The monoisotopic (exact) mass is 310 g/mol. The van der Waals surface area contributed by atoms with Crippen LogP contribution in [0.5, 0.6) is 0 Å². The van der Waals surface area contributed by atoms with Crippen molar-refractivity contribution in [3.05, 3.63) is 59.7 Å². The lowest BCUT2D eigenvalue weighted by atomic mass is 10.2. The maximum absolute atomic E-state index is 13.9. The van der Waals surface area contributed by atoms with Crippen LogP contribution in [0, 0.1) is 23.3 Å². The molecule has 3 rings (SSSR count). The van der Waals surface area contributed by atoms with Crippen LogP contribution >= 0.6 is 0 Å². The van der Waals surface area contributed by atoms with Gasteiger partial charge in [-0.05, 0) is 30.7 Å². The van der Waals surface area contributed by atoms with Crippen LogP contribution in [0.4, 0.5) is 28.9 Å². The van der Waals surface area contributed by atoms with E-state index in [1.165, 1.54) is 46.2 Å². The Bertz CT molecular complexity index is 592. The van der Waals surface area contributed by atoms with E-state index in [0.29, 0.717) is 19.5 Å². The molecule has 0 spiro atoms. The molecule has 116 valence electrons. The van der Waals surface area contributed by atoms with Crippen LogP contribution in [0.3, 0.4) is 0 Å². The summed E-state index contributed by atoms with van der Waals surface area (Å²) in [6.07, 6.45) is 0.543. The number of rotatable bonds is 2. The van der Waals surface area contributed by atoms with E-state index in [4.69, 9.17) is 0 Å². The van der Waals surface area contributed by atoms with E-state index in [1.54, 1.807) is 0 Å². The number of anilines is 2. The third kappa shape index (κ3) is 2.61. The van der Waals surface area contributed by atoms with Gasteiger partial charge in [0.1, 0.15) is 34.6 Å². The highest BCUT2D eigenvalue weighted by Gasteiger charge is 2.26. The Morgan fingerprint density at radius 1 is 0.636 bits per heavy atom. The average Bonchev–Trinajstić information content (AvgIpc) is 2.47. The Balaban J connectivity index is 1.92. The first-order valence-electron chi connectivity index (χ1n) is 6.96. The second kappa shape index (κ2) is 5.87. The van der Waals surface area contributed by atoms with Gasteiger partial charge >= 0.3 is 0 Å². The van der Waals surface area contributed by atoms with Gasteiger partial charge in [0.2, 0.25) is 0 Å². The van der Waals surface area contributed by atoms with Gasteiger partial charge in [0.15, 0.2) is 0 Å².